The van der Waals surface area contributed by atoms with Crippen LogP contribution in [0.5, 0.6) is 0 Å². The van der Waals surface area contributed by atoms with E-state index < -0.39 is 12.0 Å². The molecule has 0 saturated heterocycles. The third-order valence-corrected chi connectivity index (χ3v) is 3.39. The summed E-state index contributed by atoms with van der Waals surface area (Å²) in [5, 5.41) is 9.68. The van der Waals surface area contributed by atoms with Crippen LogP contribution in [-0.4, -0.2) is 41.5 Å². The van der Waals surface area contributed by atoms with Gasteiger partial charge >= 0.3 is 12.0 Å². The quantitative estimate of drug-likeness (QED) is 0.765. The smallest absolute Gasteiger partial charge is 0.328 e. The molecule has 0 aliphatic heterocycles. The molecule has 1 aromatic heterocycles. The molecule has 7 nitrogen and oxygen atoms in total. The standard InChI is InChI=1S/C14H24N4O3/c1-6-18-11(4)12(9(2)17-18)7-8-15-14(20)16-10(3)13(19)21-5/h10H,6-8H2,1-5H3,(H2,15,16,20). The van der Waals surface area contributed by atoms with Gasteiger partial charge in [-0.05, 0) is 39.7 Å². The van der Waals surface area contributed by atoms with E-state index in [4.69, 9.17) is 0 Å². The van der Waals surface area contributed by atoms with Crippen LogP contribution in [0.3, 0.4) is 0 Å². The van der Waals surface area contributed by atoms with E-state index in [0.717, 1.165) is 23.5 Å². The zero-order chi connectivity index (χ0) is 16.0. The lowest BCUT2D eigenvalue weighted by Crippen LogP contribution is -2.45. The fourth-order valence-corrected chi connectivity index (χ4v) is 2.19. The SMILES string of the molecule is CCn1nc(C)c(CCNC(=O)NC(C)C(=O)OC)c1C. The Hall–Kier alpha value is -2.05. The number of nitrogens with zero attached hydrogens (tertiary/aromatic N) is 2. The van der Waals surface area contributed by atoms with Crippen molar-refractivity contribution < 1.29 is 14.3 Å². The number of amides is 2. The van der Waals surface area contributed by atoms with E-state index in [1.807, 2.05) is 25.5 Å². The van der Waals surface area contributed by atoms with Gasteiger partial charge in [0.25, 0.3) is 0 Å². The summed E-state index contributed by atoms with van der Waals surface area (Å²) >= 11 is 0. The van der Waals surface area contributed by atoms with E-state index in [-0.39, 0.29) is 6.03 Å². The molecule has 0 aliphatic carbocycles. The number of carbonyl (C=O) groups is 2. The number of hydrogen-bond donors (Lipinski definition) is 2. The van der Waals surface area contributed by atoms with Crippen molar-refractivity contribution in [2.75, 3.05) is 13.7 Å². The van der Waals surface area contributed by atoms with Crippen LogP contribution in [0.1, 0.15) is 30.8 Å². The van der Waals surface area contributed by atoms with E-state index in [1.54, 1.807) is 6.92 Å². The van der Waals surface area contributed by atoms with Crippen molar-refractivity contribution in [2.45, 2.75) is 46.7 Å². The predicted octanol–water partition coefficient (Wildman–Crippen LogP) is 0.923. The topological polar surface area (TPSA) is 85.3 Å². The molecule has 2 N–H and O–H groups in total. The van der Waals surface area contributed by atoms with E-state index in [2.05, 4.69) is 20.5 Å². The van der Waals surface area contributed by atoms with Crippen molar-refractivity contribution in [1.29, 1.82) is 0 Å². The van der Waals surface area contributed by atoms with Crippen molar-refractivity contribution in [3.05, 3.63) is 17.0 Å². The molecule has 1 unspecified atom stereocenters. The Morgan fingerprint density at radius 3 is 2.57 bits per heavy atom. The lowest BCUT2D eigenvalue weighted by Gasteiger charge is -2.12. The van der Waals surface area contributed by atoms with Gasteiger partial charge in [-0.1, -0.05) is 0 Å². The van der Waals surface area contributed by atoms with Crippen molar-refractivity contribution in [3.63, 3.8) is 0 Å². The number of urea groups is 1. The fraction of sp³-hybridized carbons (Fsp3) is 0.643. The lowest BCUT2D eigenvalue weighted by molar-refractivity contribution is -0.142. The zero-order valence-corrected chi connectivity index (χ0v) is 13.3. The maximum Gasteiger partial charge on any atom is 0.328 e. The molecule has 1 aromatic rings. The highest BCUT2D eigenvalue weighted by atomic mass is 16.5. The molecule has 1 rings (SSSR count). The van der Waals surface area contributed by atoms with Crippen molar-refractivity contribution >= 4 is 12.0 Å². The summed E-state index contributed by atoms with van der Waals surface area (Å²) in [6.07, 6.45) is 0.706. The molecule has 7 heteroatoms. The van der Waals surface area contributed by atoms with Crippen LogP contribution in [0, 0.1) is 13.8 Å². The van der Waals surface area contributed by atoms with E-state index in [9.17, 15) is 9.59 Å². The predicted molar refractivity (Wildman–Crippen MR) is 79.1 cm³/mol. The molecular formula is C14H24N4O3. The number of nitrogens with one attached hydrogen (secondary N) is 2. The Labute approximate surface area is 125 Å². The average molecular weight is 296 g/mol. The number of aromatic nitrogens is 2. The maximum atomic E-state index is 11.6. The first-order valence-corrected chi connectivity index (χ1v) is 7.05. The van der Waals surface area contributed by atoms with Crippen molar-refractivity contribution in [2.24, 2.45) is 0 Å². The monoisotopic (exact) mass is 296 g/mol. The number of aryl methyl sites for hydroxylation is 2. The molecule has 118 valence electrons. The summed E-state index contributed by atoms with van der Waals surface area (Å²) in [5.74, 6) is -0.471. The van der Waals surface area contributed by atoms with Crippen LogP contribution < -0.4 is 10.6 Å². The van der Waals surface area contributed by atoms with Gasteiger partial charge in [0.2, 0.25) is 0 Å². The van der Waals surface area contributed by atoms with Gasteiger partial charge in [0.05, 0.1) is 12.8 Å². The average Bonchev–Trinajstić information content (AvgIpc) is 2.73. The second-order valence-corrected chi connectivity index (χ2v) is 4.86. The molecule has 0 aromatic carbocycles. The first-order chi connectivity index (χ1) is 9.90. The number of rotatable bonds is 6. The third kappa shape index (κ3) is 4.47. The summed E-state index contributed by atoms with van der Waals surface area (Å²) in [6.45, 7) is 8.92. The molecule has 0 aliphatic rings. The minimum absolute atomic E-state index is 0.383. The molecule has 0 spiro atoms. The third-order valence-electron chi connectivity index (χ3n) is 3.39. The number of ether oxygens (including phenoxy) is 1. The van der Waals surface area contributed by atoms with Crippen LogP contribution in [0.4, 0.5) is 4.79 Å². The maximum absolute atomic E-state index is 11.6. The van der Waals surface area contributed by atoms with Gasteiger partial charge in [-0.15, -0.1) is 0 Å². The summed E-state index contributed by atoms with van der Waals surface area (Å²) in [6, 6.07) is -1.05. The Morgan fingerprint density at radius 2 is 2.05 bits per heavy atom. The number of carbonyl (C=O) groups excluding carboxylic acids is 2. The fourth-order valence-electron chi connectivity index (χ4n) is 2.19. The van der Waals surface area contributed by atoms with Gasteiger partial charge in [0.15, 0.2) is 0 Å². The number of esters is 1. The molecule has 1 heterocycles. The minimum Gasteiger partial charge on any atom is -0.467 e. The van der Waals surface area contributed by atoms with Crippen LogP contribution in [-0.2, 0) is 22.5 Å². The van der Waals surface area contributed by atoms with Gasteiger partial charge in [-0.3, -0.25) is 4.68 Å². The molecule has 0 bridgehead atoms. The van der Waals surface area contributed by atoms with Crippen LogP contribution >= 0.6 is 0 Å². The van der Waals surface area contributed by atoms with E-state index in [1.165, 1.54) is 7.11 Å². The highest BCUT2D eigenvalue weighted by molar-refractivity contribution is 5.83. The summed E-state index contributed by atoms with van der Waals surface area (Å²) in [7, 11) is 1.29. The molecule has 0 fully saturated rings. The summed E-state index contributed by atoms with van der Waals surface area (Å²) < 4.78 is 6.49. The molecule has 1 atom stereocenters. The van der Waals surface area contributed by atoms with Crippen LogP contribution in [0.25, 0.3) is 0 Å². The number of hydrogen-bond acceptors (Lipinski definition) is 4. The molecule has 0 radical (unpaired) electrons. The largest absolute Gasteiger partial charge is 0.467 e. The van der Waals surface area contributed by atoms with E-state index in [0.29, 0.717) is 13.0 Å². The molecule has 0 saturated carbocycles. The van der Waals surface area contributed by atoms with Gasteiger partial charge in [-0.2, -0.15) is 5.10 Å². The van der Waals surface area contributed by atoms with Gasteiger partial charge in [0.1, 0.15) is 6.04 Å². The second kappa shape index (κ2) is 7.66. The van der Waals surface area contributed by atoms with Gasteiger partial charge in [0, 0.05) is 18.8 Å². The Kier molecular flexibility index (Phi) is 6.20. The molecular weight excluding hydrogens is 272 g/mol. The summed E-state index contributed by atoms with van der Waals surface area (Å²) in [5.41, 5.74) is 3.26. The number of methoxy groups -OCH3 is 1. The van der Waals surface area contributed by atoms with Crippen LogP contribution in [0.15, 0.2) is 0 Å². The highest BCUT2D eigenvalue weighted by Crippen LogP contribution is 2.13. The Morgan fingerprint density at radius 1 is 1.38 bits per heavy atom. The first kappa shape index (κ1) is 17.0. The van der Waals surface area contributed by atoms with Gasteiger partial charge < -0.3 is 15.4 Å². The normalized spacial score (nSPS) is 11.9. The van der Waals surface area contributed by atoms with Crippen LogP contribution in [0.2, 0.25) is 0 Å². The lowest BCUT2D eigenvalue weighted by atomic mass is 10.1. The minimum atomic E-state index is -0.665. The van der Waals surface area contributed by atoms with Crippen molar-refractivity contribution in [3.8, 4) is 0 Å². The van der Waals surface area contributed by atoms with E-state index >= 15 is 0 Å². The first-order valence-electron chi connectivity index (χ1n) is 7.05. The van der Waals surface area contributed by atoms with Gasteiger partial charge in [-0.25, -0.2) is 9.59 Å². The summed E-state index contributed by atoms with van der Waals surface area (Å²) in [4.78, 5) is 22.8. The Balaban J connectivity index is 2.45. The highest BCUT2D eigenvalue weighted by Gasteiger charge is 2.15. The molecule has 2 amide bonds. The van der Waals surface area contributed by atoms with Crippen molar-refractivity contribution in [1.82, 2.24) is 20.4 Å². The molecule has 21 heavy (non-hydrogen) atoms. The Bertz CT molecular complexity index is 511. The zero-order valence-electron chi connectivity index (χ0n) is 13.3. The second-order valence-electron chi connectivity index (χ2n) is 4.86.